The average Bonchev–Trinajstić information content (AvgIpc) is 2.78. The van der Waals surface area contributed by atoms with Gasteiger partial charge >= 0.3 is 0 Å². The number of halogens is 1. The van der Waals surface area contributed by atoms with Crippen molar-refractivity contribution >= 4 is 21.6 Å². The first-order chi connectivity index (χ1) is 8.11. The molecule has 0 aromatic heterocycles. The number of nitrogens with zero attached hydrogens (tertiary/aromatic N) is 1. The summed E-state index contributed by atoms with van der Waals surface area (Å²) in [5.41, 5.74) is 4.20. The maximum absolute atomic E-state index is 3.61. The van der Waals surface area contributed by atoms with E-state index in [9.17, 15) is 0 Å². The average molecular weight is 296 g/mol. The number of aryl methyl sites for hydroxylation is 1. The van der Waals surface area contributed by atoms with Crippen LogP contribution in [-0.4, -0.2) is 13.1 Å². The number of alkyl halides is 1. The summed E-state index contributed by atoms with van der Waals surface area (Å²) >= 11 is 3.61. The zero-order valence-electron chi connectivity index (χ0n) is 11.0. The molecule has 1 nitrogen and oxygen atoms in total. The van der Waals surface area contributed by atoms with Gasteiger partial charge in [-0.3, -0.25) is 0 Å². The molecule has 1 saturated heterocycles. The summed E-state index contributed by atoms with van der Waals surface area (Å²) in [4.78, 5) is 2.56. The van der Waals surface area contributed by atoms with Crippen molar-refractivity contribution in [2.24, 2.45) is 11.8 Å². The smallest absolute Gasteiger partial charge is 0.0407 e. The Morgan fingerprint density at radius 1 is 1.41 bits per heavy atom. The maximum atomic E-state index is 3.61. The number of hydrogen-bond acceptors (Lipinski definition) is 1. The van der Waals surface area contributed by atoms with Crippen LogP contribution in [0.3, 0.4) is 0 Å². The molecule has 2 rings (SSSR count). The number of rotatable bonds is 3. The van der Waals surface area contributed by atoms with Gasteiger partial charge in [-0.25, -0.2) is 0 Å². The summed E-state index contributed by atoms with van der Waals surface area (Å²) in [5, 5.41) is 0.951. The maximum Gasteiger partial charge on any atom is 0.0407 e. The molecule has 0 aliphatic carbocycles. The Bertz CT molecular complexity index is 387. The van der Waals surface area contributed by atoms with Gasteiger partial charge in [0.1, 0.15) is 0 Å². The Hall–Kier alpha value is -0.500. The third kappa shape index (κ3) is 2.85. The molecule has 1 unspecified atom stereocenters. The minimum atomic E-state index is 0.804. The van der Waals surface area contributed by atoms with Crippen molar-refractivity contribution in [1.82, 2.24) is 0 Å². The lowest BCUT2D eigenvalue weighted by Gasteiger charge is -2.23. The molecule has 0 N–H and O–H groups in total. The van der Waals surface area contributed by atoms with Crippen molar-refractivity contribution in [3.05, 3.63) is 29.3 Å². The van der Waals surface area contributed by atoms with Crippen LogP contribution in [0.4, 0.5) is 5.69 Å². The Morgan fingerprint density at radius 2 is 2.18 bits per heavy atom. The Balaban J connectivity index is 2.18. The van der Waals surface area contributed by atoms with Crippen molar-refractivity contribution in [2.75, 3.05) is 18.0 Å². The van der Waals surface area contributed by atoms with Crippen molar-refractivity contribution in [2.45, 2.75) is 32.5 Å². The van der Waals surface area contributed by atoms with Crippen LogP contribution in [0.15, 0.2) is 18.2 Å². The molecule has 1 atom stereocenters. The van der Waals surface area contributed by atoms with E-state index in [1.807, 2.05) is 0 Å². The van der Waals surface area contributed by atoms with E-state index in [4.69, 9.17) is 0 Å². The van der Waals surface area contributed by atoms with Crippen LogP contribution in [-0.2, 0) is 5.33 Å². The molecule has 0 bridgehead atoms. The zero-order chi connectivity index (χ0) is 12.4. The molecule has 0 spiro atoms. The van der Waals surface area contributed by atoms with Gasteiger partial charge < -0.3 is 4.90 Å². The van der Waals surface area contributed by atoms with E-state index in [0.29, 0.717) is 0 Å². The molecular weight excluding hydrogens is 274 g/mol. The SMILES string of the molecule is Cc1ccc(N2CCC(C(C)C)C2)c(CBr)c1. The van der Waals surface area contributed by atoms with E-state index in [1.54, 1.807) is 0 Å². The highest BCUT2D eigenvalue weighted by atomic mass is 79.9. The minimum absolute atomic E-state index is 0.804. The van der Waals surface area contributed by atoms with Crippen LogP contribution in [0.25, 0.3) is 0 Å². The van der Waals surface area contributed by atoms with E-state index in [1.165, 1.54) is 36.3 Å². The van der Waals surface area contributed by atoms with Gasteiger partial charge in [0.05, 0.1) is 0 Å². The highest BCUT2D eigenvalue weighted by molar-refractivity contribution is 9.08. The van der Waals surface area contributed by atoms with Gasteiger partial charge in [0.25, 0.3) is 0 Å². The quantitative estimate of drug-likeness (QED) is 0.749. The first-order valence-corrected chi connectivity index (χ1v) is 7.64. The minimum Gasteiger partial charge on any atom is -0.371 e. The van der Waals surface area contributed by atoms with Crippen LogP contribution in [0.5, 0.6) is 0 Å². The van der Waals surface area contributed by atoms with Gasteiger partial charge in [-0.15, -0.1) is 0 Å². The van der Waals surface area contributed by atoms with Gasteiger partial charge in [0, 0.05) is 24.1 Å². The van der Waals surface area contributed by atoms with Crippen LogP contribution in [0, 0.1) is 18.8 Å². The molecule has 2 heteroatoms. The van der Waals surface area contributed by atoms with Crippen molar-refractivity contribution in [3.63, 3.8) is 0 Å². The fraction of sp³-hybridized carbons (Fsp3) is 0.600. The standard InChI is InChI=1S/C15H22BrN/c1-11(2)13-6-7-17(10-13)15-5-4-12(3)8-14(15)9-16/h4-5,8,11,13H,6-7,9-10H2,1-3H3. The largest absolute Gasteiger partial charge is 0.371 e. The predicted octanol–water partition coefficient (Wildman–Crippen LogP) is 4.37. The lowest BCUT2D eigenvalue weighted by Crippen LogP contribution is -2.22. The Labute approximate surface area is 113 Å². The first kappa shape index (κ1) is 12.9. The highest BCUT2D eigenvalue weighted by Crippen LogP contribution is 2.31. The number of anilines is 1. The fourth-order valence-corrected chi connectivity index (χ4v) is 3.13. The Morgan fingerprint density at radius 3 is 2.76 bits per heavy atom. The third-order valence-corrected chi connectivity index (χ3v) is 4.49. The summed E-state index contributed by atoms with van der Waals surface area (Å²) in [6.45, 7) is 9.28. The van der Waals surface area contributed by atoms with Gasteiger partial charge in [0.15, 0.2) is 0 Å². The summed E-state index contributed by atoms with van der Waals surface area (Å²) in [6.07, 6.45) is 1.34. The highest BCUT2D eigenvalue weighted by Gasteiger charge is 2.25. The second-order valence-electron chi connectivity index (χ2n) is 5.50. The molecule has 1 aliphatic rings. The van der Waals surface area contributed by atoms with Gasteiger partial charge in [-0.2, -0.15) is 0 Å². The second kappa shape index (κ2) is 5.43. The van der Waals surface area contributed by atoms with E-state index < -0.39 is 0 Å². The monoisotopic (exact) mass is 295 g/mol. The van der Waals surface area contributed by atoms with Gasteiger partial charge in [0.2, 0.25) is 0 Å². The Kier molecular flexibility index (Phi) is 4.13. The van der Waals surface area contributed by atoms with Crippen LogP contribution in [0.2, 0.25) is 0 Å². The van der Waals surface area contributed by atoms with E-state index in [-0.39, 0.29) is 0 Å². The lowest BCUT2D eigenvalue weighted by atomic mass is 9.95. The number of hydrogen-bond donors (Lipinski definition) is 0. The molecule has 1 aliphatic heterocycles. The molecule has 1 fully saturated rings. The summed E-state index contributed by atoms with van der Waals surface area (Å²) in [5.74, 6) is 1.66. The molecular formula is C15H22BrN. The van der Waals surface area contributed by atoms with Crippen LogP contribution < -0.4 is 4.90 Å². The normalized spacial score (nSPS) is 20.3. The first-order valence-electron chi connectivity index (χ1n) is 6.52. The lowest BCUT2D eigenvalue weighted by molar-refractivity contribution is 0.422. The van der Waals surface area contributed by atoms with E-state index in [2.05, 4.69) is 59.8 Å². The fourth-order valence-electron chi connectivity index (χ4n) is 2.68. The van der Waals surface area contributed by atoms with Gasteiger partial charge in [-0.1, -0.05) is 47.5 Å². The molecule has 1 heterocycles. The molecule has 0 radical (unpaired) electrons. The summed E-state index contributed by atoms with van der Waals surface area (Å²) in [6, 6.07) is 6.81. The predicted molar refractivity (Wildman–Crippen MR) is 79.0 cm³/mol. The zero-order valence-corrected chi connectivity index (χ0v) is 12.6. The molecule has 1 aromatic carbocycles. The van der Waals surface area contributed by atoms with E-state index in [0.717, 1.165) is 17.2 Å². The van der Waals surface area contributed by atoms with Crippen LogP contribution in [0.1, 0.15) is 31.4 Å². The molecule has 1 aromatic rings. The van der Waals surface area contributed by atoms with Crippen molar-refractivity contribution in [1.29, 1.82) is 0 Å². The summed E-state index contributed by atoms with van der Waals surface area (Å²) in [7, 11) is 0. The topological polar surface area (TPSA) is 3.24 Å². The molecule has 0 amide bonds. The van der Waals surface area contributed by atoms with Crippen molar-refractivity contribution < 1.29 is 0 Å². The third-order valence-electron chi connectivity index (χ3n) is 3.89. The molecule has 17 heavy (non-hydrogen) atoms. The number of benzene rings is 1. The second-order valence-corrected chi connectivity index (χ2v) is 6.07. The van der Waals surface area contributed by atoms with Gasteiger partial charge in [-0.05, 0) is 36.8 Å². The molecule has 94 valence electrons. The van der Waals surface area contributed by atoms with Crippen LogP contribution >= 0.6 is 15.9 Å². The summed E-state index contributed by atoms with van der Waals surface area (Å²) < 4.78 is 0. The molecule has 0 saturated carbocycles. The van der Waals surface area contributed by atoms with E-state index >= 15 is 0 Å². The van der Waals surface area contributed by atoms with Crippen molar-refractivity contribution in [3.8, 4) is 0 Å².